The molecule has 4 nitrogen and oxygen atoms in total. The summed E-state index contributed by atoms with van der Waals surface area (Å²) in [5.74, 6) is 5.33. The Bertz CT molecular complexity index is 552. The zero-order chi connectivity index (χ0) is 15.1. The fraction of sp³-hybridized carbons (Fsp3) is 0.471. The van der Waals surface area contributed by atoms with Gasteiger partial charge in [0.1, 0.15) is 6.61 Å². The summed E-state index contributed by atoms with van der Waals surface area (Å²) < 4.78 is 0. The molecule has 1 amide bonds. The second-order valence-corrected chi connectivity index (χ2v) is 5.31. The number of hydrogen-bond donors (Lipinski definition) is 2. The number of likely N-dealkylation sites (tertiary alicyclic amines) is 1. The molecule has 1 saturated heterocycles. The van der Waals surface area contributed by atoms with Gasteiger partial charge in [-0.15, -0.1) is 0 Å². The van der Waals surface area contributed by atoms with Crippen molar-refractivity contribution in [3.05, 3.63) is 34.9 Å². The smallest absolute Gasteiger partial charge is 0.252 e. The molecule has 0 radical (unpaired) electrons. The van der Waals surface area contributed by atoms with E-state index >= 15 is 0 Å². The van der Waals surface area contributed by atoms with Crippen molar-refractivity contribution in [2.24, 2.45) is 0 Å². The summed E-state index contributed by atoms with van der Waals surface area (Å²) in [6.07, 6.45) is 2.51. The zero-order valence-corrected chi connectivity index (χ0v) is 12.5. The molecular formula is C17H22N2O2. The highest BCUT2D eigenvalue weighted by molar-refractivity contribution is 5.96. The molecule has 112 valence electrons. The first kappa shape index (κ1) is 15.6. The van der Waals surface area contributed by atoms with E-state index in [1.54, 1.807) is 0 Å². The van der Waals surface area contributed by atoms with Crippen molar-refractivity contribution >= 4 is 5.91 Å². The molecule has 0 unspecified atom stereocenters. The number of hydrogen-bond acceptors (Lipinski definition) is 3. The predicted molar refractivity (Wildman–Crippen MR) is 83.2 cm³/mol. The topological polar surface area (TPSA) is 52.6 Å². The second kappa shape index (κ2) is 7.82. The Kier molecular flexibility index (Phi) is 5.79. The van der Waals surface area contributed by atoms with Gasteiger partial charge >= 0.3 is 0 Å². The first-order chi connectivity index (χ1) is 10.2. The third kappa shape index (κ3) is 4.59. The summed E-state index contributed by atoms with van der Waals surface area (Å²) in [5.41, 5.74) is 2.26. The molecule has 1 aromatic carbocycles. The summed E-state index contributed by atoms with van der Waals surface area (Å²) in [6, 6.07) is 5.59. The maximum Gasteiger partial charge on any atom is 0.252 e. The van der Waals surface area contributed by atoms with Crippen LogP contribution in [0.2, 0.25) is 0 Å². The van der Waals surface area contributed by atoms with Crippen LogP contribution < -0.4 is 5.32 Å². The van der Waals surface area contributed by atoms with Crippen LogP contribution in [-0.4, -0.2) is 48.7 Å². The molecule has 0 bridgehead atoms. The van der Waals surface area contributed by atoms with Gasteiger partial charge in [0.25, 0.3) is 5.91 Å². The van der Waals surface area contributed by atoms with Crippen LogP contribution in [0.5, 0.6) is 0 Å². The maximum absolute atomic E-state index is 12.3. The lowest BCUT2D eigenvalue weighted by Crippen LogP contribution is -2.33. The van der Waals surface area contributed by atoms with Crippen LogP contribution in [-0.2, 0) is 0 Å². The zero-order valence-electron chi connectivity index (χ0n) is 12.5. The first-order valence-electron chi connectivity index (χ1n) is 7.41. The van der Waals surface area contributed by atoms with Gasteiger partial charge in [0, 0.05) is 18.7 Å². The number of amides is 1. The minimum absolute atomic E-state index is 0.0971. The maximum atomic E-state index is 12.3. The molecule has 1 aliphatic heterocycles. The summed E-state index contributed by atoms with van der Waals surface area (Å²) in [5, 5.41) is 11.8. The summed E-state index contributed by atoms with van der Waals surface area (Å²) in [7, 11) is 0. The van der Waals surface area contributed by atoms with E-state index in [4.69, 9.17) is 5.11 Å². The third-order valence-corrected chi connectivity index (χ3v) is 3.63. The van der Waals surface area contributed by atoms with Gasteiger partial charge in [-0.25, -0.2) is 0 Å². The fourth-order valence-corrected chi connectivity index (χ4v) is 2.52. The molecule has 0 atom stereocenters. The Morgan fingerprint density at radius 2 is 2.14 bits per heavy atom. The molecule has 0 spiro atoms. The molecule has 1 aromatic rings. The Labute approximate surface area is 126 Å². The van der Waals surface area contributed by atoms with Gasteiger partial charge in [-0.3, -0.25) is 4.79 Å². The number of carbonyl (C=O) groups excluding carboxylic acids is 1. The average Bonchev–Trinajstić information content (AvgIpc) is 2.99. The molecular weight excluding hydrogens is 264 g/mol. The van der Waals surface area contributed by atoms with Crippen LogP contribution in [0.1, 0.15) is 34.3 Å². The molecule has 1 heterocycles. The lowest BCUT2D eigenvalue weighted by Gasteiger charge is -2.15. The average molecular weight is 286 g/mol. The minimum atomic E-state index is -0.204. The Hall–Kier alpha value is -1.83. The minimum Gasteiger partial charge on any atom is -0.384 e. The van der Waals surface area contributed by atoms with E-state index in [1.165, 1.54) is 12.8 Å². The number of benzene rings is 1. The van der Waals surface area contributed by atoms with Crippen LogP contribution in [0.4, 0.5) is 0 Å². The Balaban J connectivity index is 1.98. The van der Waals surface area contributed by atoms with Crippen LogP contribution in [0.25, 0.3) is 0 Å². The lowest BCUT2D eigenvalue weighted by molar-refractivity contribution is 0.0949. The first-order valence-corrected chi connectivity index (χ1v) is 7.41. The summed E-state index contributed by atoms with van der Waals surface area (Å²) in [6.45, 7) is 5.56. The van der Waals surface area contributed by atoms with E-state index in [-0.39, 0.29) is 12.5 Å². The SMILES string of the molecule is Cc1ccc(C#CCO)c(C(=O)NCCN2CCCC2)c1. The van der Waals surface area contributed by atoms with Crippen molar-refractivity contribution in [2.75, 3.05) is 32.8 Å². The van der Waals surface area contributed by atoms with Crippen molar-refractivity contribution in [3.8, 4) is 11.8 Å². The standard InChI is InChI=1S/C17H22N2O2/c1-14-6-7-15(5-4-12-20)16(13-14)17(21)18-8-11-19-9-2-3-10-19/h6-7,13,20H,2-3,8-12H2,1H3,(H,18,21). The van der Waals surface area contributed by atoms with Gasteiger partial charge in [-0.2, -0.15) is 0 Å². The highest BCUT2D eigenvalue weighted by Crippen LogP contribution is 2.11. The van der Waals surface area contributed by atoms with E-state index in [0.29, 0.717) is 17.7 Å². The molecule has 0 aliphatic carbocycles. The van der Waals surface area contributed by atoms with E-state index in [9.17, 15) is 4.79 Å². The molecule has 2 N–H and O–H groups in total. The number of carbonyl (C=O) groups is 1. The monoisotopic (exact) mass is 286 g/mol. The molecule has 1 aliphatic rings. The van der Waals surface area contributed by atoms with Gasteiger partial charge in [-0.05, 0) is 45.0 Å². The van der Waals surface area contributed by atoms with Gasteiger partial charge in [-0.1, -0.05) is 23.5 Å². The van der Waals surface area contributed by atoms with Crippen LogP contribution in [0, 0.1) is 18.8 Å². The van der Waals surface area contributed by atoms with E-state index < -0.39 is 0 Å². The molecule has 21 heavy (non-hydrogen) atoms. The van der Waals surface area contributed by atoms with Crippen molar-refractivity contribution in [1.82, 2.24) is 10.2 Å². The normalized spacial score (nSPS) is 14.6. The highest BCUT2D eigenvalue weighted by atomic mass is 16.2. The van der Waals surface area contributed by atoms with Crippen molar-refractivity contribution in [1.29, 1.82) is 0 Å². The lowest BCUT2D eigenvalue weighted by atomic mass is 10.0. The quantitative estimate of drug-likeness (QED) is 0.817. The van der Waals surface area contributed by atoms with Crippen molar-refractivity contribution < 1.29 is 9.90 Å². The molecule has 4 heteroatoms. The number of nitrogens with one attached hydrogen (secondary N) is 1. The van der Waals surface area contributed by atoms with Gasteiger partial charge in [0.15, 0.2) is 0 Å². The Morgan fingerprint density at radius 3 is 2.86 bits per heavy atom. The number of aryl methyl sites for hydroxylation is 1. The Morgan fingerprint density at radius 1 is 1.38 bits per heavy atom. The van der Waals surface area contributed by atoms with E-state index in [0.717, 1.165) is 25.2 Å². The third-order valence-electron chi connectivity index (χ3n) is 3.63. The number of nitrogens with zero attached hydrogens (tertiary/aromatic N) is 1. The molecule has 0 aromatic heterocycles. The molecule has 2 rings (SSSR count). The van der Waals surface area contributed by atoms with Gasteiger partial charge in [0.05, 0.1) is 5.56 Å². The fourth-order valence-electron chi connectivity index (χ4n) is 2.52. The number of aliphatic hydroxyl groups excluding tert-OH is 1. The van der Waals surface area contributed by atoms with E-state index in [2.05, 4.69) is 22.1 Å². The van der Waals surface area contributed by atoms with Crippen molar-refractivity contribution in [2.45, 2.75) is 19.8 Å². The molecule has 1 fully saturated rings. The van der Waals surface area contributed by atoms with Crippen molar-refractivity contribution in [3.63, 3.8) is 0 Å². The highest BCUT2D eigenvalue weighted by Gasteiger charge is 2.13. The molecule has 0 saturated carbocycles. The second-order valence-electron chi connectivity index (χ2n) is 5.31. The number of aliphatic hydroxyl groups is 1. The summed E-state index contributed by atoms with van der Waals surface area (Å²) >= 11 is 0. The predicted octanol–water partition coefficient (Wildman–Crippen LogP) is 1.16. The van der Waals surface area contributed by atoms with E-state index in [1.807, 2.05) is 25.1 Å². The van der Waals surface area contributed by atoms with Gasteiger partial charge < -0.3 is 15.3 Å². The summed E-state index contributed by atoms with van der Waals surface area (Å²) in [4.78, 5) is 14.7. The largest absolute Gasteiger partial charge is 0.384 e. The van der Waals surface area contributed by atoms with Gasteiger partial charge in [0.2, 0.25) is 0 Å². The van der Waals surface area contributed by atoms with Crippen LogP contribution in [0.15, 0.2) is 18.2 Å². The van der Waals surface area contributed by atoms with Crippen LogP contribution >= 0.6 is 0 Å². The number of rotatable bonds is 4. The van der Waals surface area contributed by atoms with Crippen LogP contribution in [0.3, 0.4) is 0 Å².